The van der Waals surface area contributed by atoms with E-state index in [2.05, 4.69) is 29.2 Å². The summed E-state index contributed by atoms with van der Waals surface area (Å²) in [5.41, 5.74) is 3.68. The van der Waals surface area contributed by atoms with E-state index in [4.69, 9.17) is 19.5 Å². The summed E-state index contributed by atoms with van der Waals surface area (Å²) in [6.07, 6.45) is 0. The van der Waals surface area contributed by atoms with Gasteiger partial charge in [-0.05, 0) is 23.3 Å². The van der Waals surface area contributed by atoms with Crippen molar-refractivity contribution in [2.24, 2.45) is 9.98 Å². The Labute approximate surface area is 187 Å². The molecule has 1 radical (unpaired) electrons. The van der Waals surface area contributed by atoms with Crippen molar-refractivity contribution in [3.8, 4) is 0 Å². The molecule has 0 amide bonds. The first kappa shape index (κ1) is 21.8. The van der Waals surface area contributed by atoms with Gasteiger partial charge in [0, 0.05) is 17.1 Å². The summed E-state index contributed by atoms with van der Waals surface area (Å²) >= 11 is 0. The van der Waals surface area contributed by atoms with E-state index in [1.165, 1.54) is 0 Å². The molecule has 0 bridgehead atoms. The van der Waals surface area contributed by atoms with Crippen LogP contribution in [-0.2, 0) is 26.5 Å². The molecule has 5 nitrogen and oxygen atoms in total. The number of benzene rings is 2. The summed E-state index contributed by atoms with van der Waals surface area (Å²) in [6, 6.07) is 26.1. The van der Waals surface area contributed by atoms with Crippen molar-refractivity contribution in [1.29, 1.82) is 0 Å². The summed E-state index contributed by atoms with van der Waals surface area (Å²) in [5, 5.41) is 0. The molecular weight excluding hydrogens is 426 g/mol. The predicted molar refractivity (Wildman–Crippen MR) is 114 cm³/mol. The third-order valence-corrected chi connectivity index (χ3v) is 4.86. The Balaban J connectivity index is 0.00000128. The molecule has 6 heteroatoms. The molecule has 2 atom stereocenters. The number of ether oxygens (including phenoxy) is 2. The topological polar surface area (TPSA) is 56.1 Å². The van der Waals surface area contributed by atoms with Crippen molar-refractivity contribution in [1.82, 2.24) is 4.98 Å². The minimum absolute atomic E-state index is 0. The van der Waals surface area contributed by atoms with Gasteiger partial charge in [-0.3, -0.25) is 0 Å². The second-order valence-electron chi connectivity index (χ2n) is 6.75. The Morgan fingerprint density at radius 2 is 1.03 bits per heavy atom. The van der Waals surface area contributed by atoms with Gasteiger partial charge in [-0.15, -0.1) is 0 Å². The van der Waals surface area contributed by atoms with Gasteiger partial charge in [0.15, 0.2) is 0 Å². The molecule has 0 fully saturated rings. The van der Waals surface area contributed by atoms with Crippen LogP contribution >= 0.6 is 0 Å². The van der Waals surface area contributed by atoms with Crippen molar-refractivity contribution >= 4 is 11.8 Å². The van der Waals surface area contributed by atoms with E-state index in [-0.39, 0.29) is 36.6 Å². The molecule has 5 rings (SSSR count). The largest absolute Gasteiger partial charge is 0.474 e. The zero-order valence-electron chi connectivity index (χ0n) is 15.5. The number of nitrogens with zero attached hydrogens (tertiary/aromatic N) is 3. The zero-order chi connectivity index (χ0) is 18.8. The van der Waals surface area contributed by atoms with E-state index in [9.17, 15) is 0 Å². The first-order valence-corrected chi connectivity index (χ1v) is 9.36. The fourth-order valence-corrected chi connectivity index (χ4v) is 3.39. The average Bonchev–Trinajstić information content (AvgIpc) is 3.46. The number of pyridine rings is 1. The molecule has 0 saturated carbocycles. The van der Waals surface area contributed by atoms with Gasteiger partial charge < -0.3 is 9.47 Å². The Bertz CT molecular complexity index is 958. The third-order valence-electron chi connectivity index (χ3n) is 4.86. The fraction of sp³-hybridized carbons (Fsp3) is 0.208. The van der Waals surface area contributed by atoms with Gasteiger partial charge in [-0.2, -0.15) is 0 Å². The molecule has 2 aliphatic rings. The van der Waals surface area contributed by atoms with Gasteiger partial charge in [0.2, 0.25) is 11.8 Å². The molecule has 0 unspecified atom stereocenters. The first-order chi connectivity index (χ1) is 13.9. The molecule has 2 aromatic carbocycles. The third kappa shape index (κ3) is 4.45. The summed E-state index contributed by atoms with van der Waals surface area (Å²) in [5.74, 6) is 1.13. The van der Waals surface area contributed by atoms with Crippen LogP contribution in [0.25, 0.3) is 0 Å². The van der Waals surface area contributed by atoms with Gasteiger partial charge in [0.05, 0.1) is 0 Å². The summed E-state index contributed by atoms with van der Waals surface area (Å²) in [7, 11) is 0. The Morgan fingerprint density at radius 3 is 1.47 bits per heavy atom. The van der Waals surface area contributed by atoms with Crippen molar-refractivity contribution in [2.75, 3.05) is 13.2 Å². The van der Waals surface area contributed by atoms with Crippen LogP contribution in [0.3, 0.4) is 0 Å². The van der Waals surface area contributed by atoms with E-state index < -0.39 is 0 Å². The molecule has 2 aliphatic heterocycles. The van der Waals surface area contributed by atoms with Gasteiger partial charge in [-0.1, -0.05) is 74.2 Å². The Morgan fingerprint density at radius 1 is 0.600 bits per heavy atom. The maximum absolute atomic E-state index is 5.82. The zero-order valence-corrected chi connectivity index (χ0v) is 16.5. The summed E-state index contributed by atoms with van der Waals surface area (Å²) in [6.45, 7) is 1.05. The van der Waals surface area contributed by atoms with Gasteiger partial charge in [-0.25, -0.2) is 15.0 Å². The van der Waals surface area contributed by atoms with Gasteiger partial charge >= 0.3 is 0 Å². The average molecular weight is 449 g/mol. The van der Waals surface area contributed by atoms with E-state index in [0.717, 1.165) is 11.1 Å². The maximum Gasteiger partial charge on any atom is 0.236 e. The van der Waals surface area contributed by atoms with Crippen molar-refractivity contribution in [2.45, 2.75) is 19.5 Å². The molecule has 157 valence electrons. The molecule has 0 aliphatic carbocycles. The Hall–Kier alpha value is -2.95. The molecule has 0 spiro atoms. The smallest absolute Gasteiger partial charge is 0.236 e. The standard InChI is InChI=1S/C23H19N3O2.CH4.Cu/c1-3-8-16(9-4-1)20-14-27-22(25-20)18-12-7-13-19(24-18)23-26-21(15-28-23)17-10-5-2-6-11-17;;/h1-13,20-21H,14-15H2;1H4;/t20-,21-;;/m1../s1. The second kappa shape index (κ2) is 9.70. The number of hydrogen-bond donors (Lipinski definition) is 0. The number of rotatable bonds is 4. The predicted octanol–water partition coefficient (Wildman–Crippen LogP) is 4.75. The SMILES string of the molecule is C.[Cu].c1ccc([C@H]2COC(c3cccc(C4=N[C@@H](c5ccccc5)CO4)n3)=N2)cc1. The van der Waals surface area contributed by atoms with Crippen molar-refractivity contribution in [3.05, 3.63) is 101 Å². The molecule has 3 aromatic rings. The monoisotopic (exact) mass is 448 g/mol. The minimum Gasteiger partial charge on any atom is -0.474 e. The molecular formula is C24H23CuN3O2. The fourth-order valence-electron chi connectivity index (χ4n) is 3.39. The normalized spacial score (nSPS) is 19.5. The van der Waals surface area contributed by atoms with Gasteiger partial charge in [0.25, 0.3) is 0 Å². The van der Waals surface area contributed by atoms with Crippen LogP contribution in [0.5, 0.6) is 0 Å². The van der Waals surface area contributed by atoms with Crippen molar-refractivity contribution in [3.63, 3.8) is 0 Å². The molecule has 30 heavy (non-hydrogen) atoms. The molecule has 3 heterocycles. The second-order valence-corrected chi connectivity index (χ2v) is 6.75. The first-order valence-electron chi connectivity index (χ1n) is 9.36. The molecule has 0 N–H and O–H groups in total. The number of hydrogen-bond acceptors (Lipinski definition) is 5. The minimum atomic E-state index is 0. The molecule has 1 aromatic heterocycles. The van der Waals surface area contributed by atoms with Crippen LogP contribution in [0.15, 0.2) is 88.8 Å². The van der Waals surface area contributed by atoms with E-state index in [1.54, 1.807) is 0 Å². The van der Waals surface area contributed by atoms with Crippen LogP contribution < -0.4 is 0 Å². The van der Waals surface area contributed by atoms with Crippen molar-refractivity contribution < 1.29 is 26.5 Å². The van der Waals surface area contributed by atoms with Gasteiger partial charge in [0.1, 0.15) is 36.7 Å². The number of aliphatic imine (C=N–C) groups is 2. The van der Waals surface area contributed by atoms with Crippen LogP contribution in [0.2, 0.25) is 0 Å². The van der Waals surface area contributed by atoms with E-state index in [1.807, 2.05) is 54.6 Å². The molecule has 0 saturated heterocycles. The van der Waals surface area contributed by atoms with Crippen LogP contribution in [-0.4, -0.2) is 30.0 Å². The Kier molecular flexibility index (Phi) is 7.03. The number of aromatic nitrogens is 1. The summed E-state index contributed by atoms with van der Waals surface area (Å²) < 4.78 is 11.6. The van der Waals surface area contributed by atoms with E-state index >= 15 is 0 Å². The van der Waals surface area contributed by atoms with Crippen LogP contribution in [0, 0.1) is 0 Å². The van der Waals surface area contributed by atoms with E-state index in [0.29, 0.717) is 36.4 Å². The maximum atomic E-state index is 5.82. The quantitative estimate of drug-likeness (QED) is 0.541. The van der Waals surface area contributed by atoms with Crippen LogP contribution in [0.1, 0.15) is 42.0 Å². The summed E-state index contributed by atoms with van der Waals surface area (Å²) in [4.78, 5) is 14.1. The van der Waals surface area contributed by atoms with Crippen LogP contribution in [0.4, 0.5) is 0 Å².